The summed E-state index contributed by atoms with van der Waals surface area (Å²) in [6.07, 6.45) is 1.61. The second-order valence-electron chi connectivity index (χ2n) is 3.87. The predicted octanol–water partition coefficient (Wildman–Crippen LogP) is 1.47. The molecule has 0 aromatic heterocycles. The maximum Gasteiger partial charge on any atom is 0.367 e. The van der Waals surface area contributed by atoms with Crippen molar-refractivity contribution < 1.29 is 24.3 Å². The van der Waals surface area contributed by atoms with Crippen LogP contribution in [-0.4, -0.2) is 29.4 Å². The standard InChI is InChI=1S/C13H11NO5/c1-8-11(13(17)19-14-8)6-9-3-2-4-10(5-9)18-7-12(15)16/h2-6H,7H2,1H3,(H,15,16)/b11-6+. The molecular formula is C13H11NO5. The molecule has 0 unspecified atom stereocenters. The lowest BCUT2D eigenvalue weighted by Gasteiger charge is -2.04. The van der Waals surface area contributed by atoms with Gasteiger partial charge in [0.25, 0.3) is 0 Å². The molecular weight excluding hydrogens is 250 g/mol. The Kier molecular flexibility index (Phi) is 3.61. The number of hydrogen-bond acceptors (Lipinski definition) is 5. The van der Waals surface area contributed by atoms with E-state index < -0.39 is 18.5 Å². The molecule has 1 aliphatic rings. The number of carboxylic acid groups (broad SMARTS) is 1. The summed E-state index contributed by atoms with van der Waals surface area (Å²) in [4.78, 5) is 26.3. The topological polar surface area (TPSA) is 85.2 Å². The van der Waals surface area contributed by atoms with Crippen LogP contribution in [0.4, 0.5) is 0 Å². The number of hydrogen-bond donors (Lipinski definition) is 1. The normalized spacial score (nSPS) is 16.2. The quantitative estimate of drug-likeness (QED) is 0.655. The molecule has 0 amide bonds. The van der Waals surface area contributed by atoms with Gasteiger partial charge in [0.2, 0.25) is 0 Å². The fraction of sp³-hybridized carbons (Fsp3) is 0.154. The van der Waals surface area contributed by atoms with Crippen molar-refractivity contribution in [2.45, 2.75) is 6.92 Å². The molecule has 0 atom stereocenters. The minimum Gasteiger partial charge on any atom is -0.482 e. The molecule has 0 saturated carbocycles. The molecule has 1 N–H and O–H groups in total. The van der Waals surface area contributed by atoms with Crippen molar-refractivity contribution in [3.63, 3.8) is 0 Å². The molecule has 19 heavy (non-hydrogen) atoms. The average Bonchev–Trinajstić information content (AvgIpc) is 2.69. The summed E-state index contributed by atoms with van der Waals surface area (Å²) in [6, 6.07) is 6.74. The van der Waals surface area contributed by atoms with Crippen molar-refractivity contribution in [1.29, 1.82) is 0 Å². The van der Waals surface area contributed by atoms with Gasteiger partial charge < -0.3 is 14.7 Å². The lowest BCUT2D eigenvalue weighted by atomic mass is 10.1. The second kappa shape index (κ2) is 5.34. The maximum absolute atomic E-state index is 11.4. The summed E-state index contributed by atoms with van der Waals surface area (Å²) in [6.45, 7) is 1.25. The number of carbonyl (C=O) groups excluding carboxylic acids is 1. The molecule has 6 heteroatoms. The van der Waals surface area contributed by atoms with E-state index in [4.69, 9.17) is 9.84 Å². The third-order valence-electron chi connectivity index (χ3n) is 2.41. The number of benzene rings is 1. The van der Waals surface area contributed by atoms with Crippen LogP contribution in [0.5, 0.6) is 5.75 Å². The zero-order chi connectivity index (χ0) is 13.8. The highest BCUT2D eigenvalue weighted by atomic mass is 16.7. The lowest BCUT2D eigenvalue weighted by molar-refractivity contribution is -0.139. The van der Waals surface area contributed by atoms with Crippen LogP contribution in [0.3, 0.4) is 0 Å². The van der Waals surface area contributed by atoms with E-state index in [1.54, 1.807) is 37.3 Å². The first-order chi connectivity index (χ1) is 9.06. The zero-order valence-corrected chi connectivity index (χ0v) is 10.1. The van der Waals surface area contributed by atoms with E-state index in [1.165, 1.54) is 0 Å². The van der Waals surface area contributed by atoms with Gasteiger partial charge in [0, 0.05) is 0 Å². The average molecular weight is 261 g/mol. The van der Waals surface area contributed by atoms with Gasteiger partial charge in [-0.15, -0.1) is 0 Å². The van der Waals surface area contributed by atoms with Crippen molar-refractivity contribution in [2.24, 2.45) is 5.16 Å². The zero-order valence-electron chi connectivity index (χ0n) is 10.1. The predicted molar refractivity (Wildman–Crippen MR) is 66.8 cm³/mol. The fourth-order valence-electron chi connectivity index (χ4n) is 1.53. The van der Waals surface area contributed by atoms with E-state index in [-0.39, 0.29) is 0 Å². The Morgan fingerprint density at radius 3 is 2.95 bits per heavy atom. The Bertz CT molecular complexity index is 588. The Morgan fingerprint density at radius 1 is 1.53 bits per heavy atom. The largest absolute Gasteiger partial charge is 0.482 e. The van der Waals surface area contributed by atoms with Crippen molar-refractivity contribution in [2.75, 3.05) is 6.61 Å². The van der Waals surface area contributed by atoms with Gasteiger partial charge in [-0.1, -0.05) is 17.3 Å². The van der Waals surface area contributed by atoms with Crippen LogP contribution in [0.1, 0.15) is 12.5 Å². The molecule has 1 aromatic carbocycles. The fourth-order valence-corrected chi connectivity index (χ4v) is 1.53. The van der Waals surface area contributed by atoms with E-state index in [1.807, 2.05) is 0 Å². The van der Waals surface area contributed by atoms with E-state index in [9.17, 15) is 9.59 Å². The highest BCUT2D eigenvalue weighted by Gasteiger charge is 2.21. The number of oxime groups is 1. The molecule has 1 aromatic rings. The van der Waals surface area contributed by atoms with Crippen LogP contribution in [0, 0.1) is 0 Å². The van der Waals surface area contributed by atoms with Crippen LogP contribution in [0.2, 0.25) is 0 Å². The van der Waals surface area contributed by atoms with Gasteiger partial charge in [-0.3, -0.25) is 0 Å². The molecule has 0 spiro atoms. The molecule has 98 valence electrons. The van der Waals surface area contributed by atoms with E-state index in [0.29, 0.717) is 22.6 Å². The number of carboxylic acids is 1. The maximum atomic E-state index is 11.4. The van der Waals surface area contributed by atoms with E-state index >= 15 is 0 Å². The Morgan fingerprint density at radius 2 is 2.32 bits per heavy atom. The third-order valence-corrected chi connectivity index (χ3v) is 2.41. The van der Waals surface area contributed by atoms with Gasteiger partial charge in [-0.2, -0.15) is 0 Å². The van der Waals surface area contributed by atoms with E-state index in [0.717, 1.165) is 0 Å². The van der Waals surface area contributed by atoms with Crippen LogP contribution >= 0.6 is 0 Å². The molecule has 0 aliphatic carbocycles. The minimum absolute atomic E-state index is 0.371. The molecule has 0 saturated heterocycles. The van der Waals surface area contributed by atoms with Crippen molar-refractivity contribution in [3.8, 4) is 5.75 Å². The summed E-state index contributed by atoms with van der Waals surface area (Å²) in [5.74, 6) is -1.14. The van der Waals surface area contributed by atoms with Crippen LogP contribution in [0.15, 0.2) is 35.0 Å². The highest BCUT2D eigenvalue weighted by Crippen LogP contribution is 2.19. The SMILES string of the molecule is CC1=NOC(=O)/C1=C/c1cccc(OCC(=O)O)c1. The minimum atomic E-state index is -1.05. The summed E-state index contributed by atoms with van der Waals surface area (Å²) < 4.78 is 5.05. The van der Waals surface area contributed by atoms with Gasteiger partial charge in [-0.25, -0.2) is 9.59 Å². The number of rotatable bonds is 4. The molecule has 1 heterocycles. The number of ether oxygens (including phenoxy) is 1. The number of aliphatic carboxylic acids is 1. The Labute approximate surface area is 108 Å². The smallest absolute Gasteiger partial charge is 0.367 e. The van der Waals surface area contributed by atoms with Gasteiger partial charge in [0.1, 0.15) is 5.75 Å². The molecule has 0 bridgehead atoms. The van der Waals surface area contributed by atoms with Crippen molar-refractivity contribution in [1.82, 2.24) is 0 Å². The van der Waals surface area contributed by atoms with Crippen LogP contribution < -0.4 is 4.74 Å². The van der Waals surface area contributed by atoms with E-state index in [2.05, 4.69) is 9.99 Å². The molecule has 2 rings (SSSR count). The van der Waals surface area contributed by atoms with Gasteiger partial charge in [0.15, 0.2) is 6.61 Å². The molecule has 0 fully saturated rings. The number of nitrogens with zero attached hydrogens (tertiary/aromatic N) is 1. The second-order valence-corrected chi connectivity index (χ2v) is 3.87. The van der Waals surface area contributed by atoms with Gasteiger partial charge >= 0.3 is 11.9 Å². The number of carbonyl (C=O) groups is 2. The lowest BCUT2D eigenvalue weighted by Crippen LogP contribution is -2.09. The highest BCUT2D eigenvalue weighted by molar-refractivity contribution is 6.24. The van der Waals surface area contributed by atoms with Crippen LogP contribution in [-0.2, 0) is 14.4 Å². The molecule has 6 nitrogen and oxygen atoms in total. The molecule has 1 aliphatic heterocycles. The first-order valence-electron chi connectivity index (χ1n) is 5.49. The van der Waals surface area contributed by atoms with Gasteiger partial charge in [0.05, 0.1) is 11.3 Å². The summed E-state index contributed by atoms with van der Waals surface area (Å²) in [7, 11) is 0. The monoisotopic (exact) mass is 261 g/mol. The molecule has 0 radical (unpaired) electrons. The summed E-state index contributed by atoms with van der Waals surface area (Å²) in [5.41, 5.74) is 1.57. The Balaban J connectivity index is 2.19. The summed E-state index contributed by atoms with van der Waals surface area (Å²) >= 11 is 0. The van der Waals surface area contributed by atoms with Gasteiger partial charge in [-0.05, 0) is 30.7 Å². The Hall–Kier alpha value is -2.63. The summed E-state index contributed by atoms with van der Waals surface area (Å²) in [5, 5.41) is 12.1. The first-order valence-corrected chi connectivity index (χ1v) is 5.49. The third kappa shape index (κ3) is 3.19. The van der Waals surface area contributed by atoms with Crippen molar-refractivity contribution in [3.05, 3.63) is 35.4 Å². The van der Waals surface area contributed by atoms with Crippen LogP contribution in [0.25, 0.3) is 6.08 Å². The van der Waals surface area contributed by atoms with Crippen molar-refractivity contribution >= 4 is 23.7 Å². The first kappa shape index (κ1) is 12.8.